The first-order valence-corrected chi connectivity index (χ1v) is 5.09. The lowest BCUT2D eigenvalue weighted by Crippen LogP contribution is -2.26. The summed E-state index contributed by atoms with van der Waals surface area (Å²) in [7, 11) is 0. The van der Waals surface area contributed by atoms with Gasteiger partial charge in [-0.2, -0.15) is 0 Å². The molecule has 1 unspecified atom stereocenters. The summed E-state index contributed by atoms with van der Waals surface area (Å²) in [6.45, 7) is 1.26. The Morgan fingerprint density at radius 1 is 1.60 bits per heavy atom. The lowest BCUT2D eigenvalue weighted by Gasteiger charge is -2.14. The van der Waals surface area contributed by atoms with Crippen molar-refractivity contribution in [3.63, 3.8) is 0 Å². The fourth-order valence-electron chi connectivity index (χ4n) is 1.68. The predicted octanol–water partition coefficient (Wildman–Crippen LogP) is 0.723. The minimum atomic E-state index is -0.788. The second-order valence-corrected chi connectivity index (χ2v) is 3.76. The van der Waals surface area contributed by atoms with Crippen LogP contribution in [0.2, 0.25) is 0 Å². The number of unbranched alkanes of at least 4 members (excludes halogenated alkanes) is 1. The van der Waals surface area contributed by atoms with Crippen molar-refractivity contribution in [1.82, 2.24) is 4.90 Å². The van der Waals surface area contributed by atoms with Crippen molar-refractivity contribution < 1.29 is 14.7 Å². The van der Waals surface area contributed by atoms with Crippen LogP contribution in [0.4, 0.5) is 0 Å². The van der Waals surface area contributed by atoms with E-state index < -0.39 is 5.97 Å². The summed E-state index contributed by atoms with van der Waals surface area (Å²) in [4.78, 5) is 23.4. The van der Waals surface area contributed by atoms with Crippen LogP contribution < -0.4 is 0 Å². The monoisotopic (exact) mass is 209 g/mol. The van der Waals surface area contributed by atoms with Crippen LogP contribution in [0.1, 0.15) is 25.7 Å². The van der Waals surface area contributed by atoms with Crippen LogP contribution in [-0.2, 0) is 9.59 Å². The number of carboxylic acid groups (broad SMARTS) is 1. The first-order chi connectivity index (χ1) is 7.13. The average molecular weight is 209 g/mol. The van der Waals surface area contributed by atoms with E-state index in [0.717, 1.165) is 6.42 Å². The lowest BCUT2D eigenvalue weighted by molar-refractivity contribution is -0.137. The maximum atomic E-state index is 11.4. The smallest absolute Gasteiger partial charge is 0.303 e. The summed E-state index contributed by atoms with van der Waals surface area (Å²) in [5.41, 5.74) is 0. The van der Waals surface area contributed by atoms with Crippen LogP contribution in [0.15, 0.2) is 0 Å². The molecule has 0 aromatic carbocycles. The molecule has 4 heteroatoms. The maximum absolute atomic E-state index is 11.4. The third kappa shape index (κ3) is 3.62. The maximum Gasteiger partial charge on any atom is 0.303 e. The number of likely N-dealkylation sites (tertiary alicyclic amines) is 1. The van der Waals surface area contributed by atoms with E-state index in [4.69, 9.17) is 11.5 Å². The average Bonchev–Trinajstić information content (AvgIpc) is 2.54. The topological polar surface area (TPSA) is 57.6 Å². The molecule has 1 heterocycles. The Kier molecular flexibility index (Phi) is 4.17. The Labute approximate surface area is 89.3 Å². The van der Waals surface area contributed by atoms with E-state index in [1.54, 1.807) is 4.90 Å². The van der Waals surface area contributed by atoms with Gasteiger partial charge in [-0.15, -0.1) is 12.3 Å². The van der Waals surface area contributed by atoms with E-state index >= 15 is 0 Å². The van der Waals surface area contributed by atoms with Crippen LogP contribution in [0.25, 0.3) is 0 Å². The number of terminal acetylenes is 1. The zero-order chi connectivity index (χ0) is 11.3. The summed E-state index contributed by atoms with van der Waals surface area (Å²) >= 11 is 0. The molecule has 1 aliphatic heterocycles. The molecule has 1 rings (SSSR count). The van der Waals surface area contributed by atoms with Crippen molar-refractivity contribution in [3.05, 3.63) is 0 Å². The van der Waals surface area contributed by atoms with Crippen molar-refractivity contribution in [3.8, 4) is 12.3 Å². The molecule has 1 fully saturated rings. The van der Waals surface area contributed by atoms with Crippen LogP contribution in [0, 0.1) is 18.3 Å². The van der Waals surface area contributed by atoms with Crippen LogP contribution in [-0.4, -0.2) is 35.0 Å². The summed E-state index contributed by atoms with van der Waals surface area (Å²) in [6.07, 6.45) is 7.20. The second-order valence-electron chi connectivity index (χ2n) is 3.76. The van der Waals surface area contributed by atoms with E-state index in [9.17, 15) is 9.59 Å². The van der Waals surface area contributed by atoms with Crippen molar-refractivity contribution >= 4 is 11.9 Å². The number of aliphatic carboxylic acids is 1. The molecule has 0 aliphatic carbocycles. The minimum absolute atomic E-state index is 0.0389. The Morgan fingerprint density at radius 3 is 2.87 bits per heavy atom. The van der Waals surface area contributed by atoms with E-state index in [1.807, 2.05) is 0 Å². The van der Waals surface area contributed by atoms with Gasteiger partial charge in [0.15, 0.2) is 0 Å². The predicted molar refractivity (Wildman–Crippen MR) is 55.0 cm³/mol. The number of hydrogen-bond donors (Lipinski definition) is 1. The van der Waals surface area contributed by atoms with Gasteiger partial charge in [0.2, 0.25) is 5.91 Å². The van der Waals surface area contributed by atoms with E-state index in [0.29, 0.717) is 25.9 Å². The van der Waals surface area contributed by atoms with Crippen LogP contribution in [0.5, 0.6) is 0 Å². The zero-order valence-electron chi connectivity index (χ0n) is 8.61. The summed E-state index contributed by atoms with van der Waals surface area (Å²) in [5, 5.41) is 8.43. The van der Waals surface area contributed by atoms with E-state index in [1.165, 1.54) is 0 Å². The quantitative estimate of drug-likeness (QED) is 0.536. The SMILES string of the molecule is C#CC1CC(=O)N(CCCCC(=O)O)C1. The van der Waals surface area contributed by atoms with Gasteiger partial charge in [0, 0.05) is 31.8 Å². The van der Waals surface area contributed by atoms with Crippen molar-refractivity contribution in [1.29, 1.82) is 0 Å². The number of hydrogen-bond acceptors (Lipinski definition) is 2. The molecule has 1 amide bonds. The van der Waals surface area contributed by atoms with Gasteiger partial charge >= 0.3 is 5.97 Å². The lowest BCUT2D eigenvalue weighted by atomic mass is 10.1. The molecule has 0 saturated carbocycles. The number of amides is 1. The highest BCUT2D eigenvalue weighted by atomic mass is 16.4. The van der Waals surface area contributed by atoms with Crippen LogP contribution in [0.3, 0.4) is 0 Å². The first-order valence-electron chi connectivity index (χ1n) is 5.09. The van der Waals surface area contributed by atoms with Gasteiger partial charge in [0.05, 0.1) is 0 Å². The number of nitrogens with zero attached hydrogens (tertiary/aromatic N) is 1. The highest BCUT2D eigenvalue weighted by Gasteiger charge is 2.27. The normalized spacial score (nSPS) is 20.3. The number of rotatable bonds is 5. The van der Waals surface area contributed by atoms with Gasteiger partial charge < -0.3 is 10.0 Å². The molecule has 4 nitrogen and oxygen atoms in total. The molecule has 0 aromatic heterocycles. The molecular weight excluding hydrogens is 194 g/mol. The number of carbonyl (C=O) groups is 2. The fourth-order valence-corrected chi connectivity index (χ4v) is 1.68. The Balaban J connectivity index is 2.20. The zero-order valence-corrected chi connectivity index (χ0v) is 8.61. The number of carboxylic acids is 1. The molecule has 0 aromatic rings. The Hall–Kier alpha value is -1.50. The largest absolute Gasteiger partial charge is 0.481 e. The van der Waals surface area contributed by atoms with Gasteiger partial charge in [0.1, 0.15) is 0 Å². The van der Waals surface area contributed by atoms with Crippen molar-refractivity contribution in [2.75, 3.05) is 13.1 Å². The summed E-state index contributed by atoms with van der Waals surface area (Å²) in [5.74, 6) is 1.92. The molecule has 0 spiro atoms. The van der Waals surface area contributed by atoms with E-state index in [-0.39, 0.29) is 18.2 Å². The molecule has 15 heavy (non-hydrogen) atoms. The van der Waals surface area contributed by atoms with Gasteiger partial charge in [-0.25, -0.2) is 0 Å². The molecule has 0 radical (unpaired) electrons. The van der Waals surface area contributed by atoms with E-state index in [2.05, 4.69) is 5.92 Å². The first kappa shape index (κ1) is 11.6. The molecule has 1 aliphatic rings. The highest BCUT2D eigenvalue weighted by molar-refractivity contribution is 5.79. The fraction of sp³-hybridized carbons (Fsp3) is 0.636. The molecule has 0 bridgehead atoms. The molecule has 82 valence electrons. The Morgan fingerprint density at radius 2 is 2.33 bits per heavy atom. The molecule has 1 saturated heterocycles. The van der Waals surface area contributed by atoms with Crippen molar-refractivity contribution in [2.45, 2.75) is 25.7 Å². The summed E-state index contributed by atoms with van der Waals surface area (Å²) in [6, 6.07) is 0. The second kappa shape index (κ2) is 5.40. The van der Waals surface area contributed by atoms with Gasteiger partial charge in [-0.3, -0.25) is 9.59 Å². The van der Waals surface area contributed by atoms with Crippen LogP contribution >= 0.6 is 0 Å². The molecular formula is C11H15NO3. The highest BCUT2D eigenvalue weighted by Crippen LogP contribution is 2.17. The molecule has 1 atom stereocenters. The molecule has 1 N–H and O–H groups in total. The standard InChI is InChI=1S/C11H15NO3/c1-2-9-7-10(13)12(8-9)6-4-3-5-11(14)15/h1,9H,3-8H2,(H,14,15). The van der Waals surface area contributed by atoms with Gasteiger partial charge in [0.25, 0.3) is 0 Å². The minimum Gasteiger partial charge on any atom is -0.481 e. The Bertz CT molecular complexity index is 293. The third-order valence-electron chi connectivity index (χ3n) is 2.52. The number of carbonyl (C=O) groups excluding carboxylic acids is 1. The van der Waals surface area contributed by atoms with Gasteiger partial charge in [-0.1, -0.05) is 0 Å². The summed E-state index contributed by atoms with van der Waals surface area (Å²) < 4.78 is 0. The van der Waals surface area contributed by atoms with Crippen molar-refractivity contribution in [2.24, 2.45) is 5.92 Å². The van der Waals surface area contributed by atoms with Gasteiger partial charge in [-0.05, 0) is 12.8 Å². The third-order valence-corrected chi connectivity index (χ3v) is 2.52.